The fourth-order valence-electron chi connectivity index (χ4n) is 1.89. The number of nitrogens with zero attached hydrogens (tertiary/aromatic N) is 1. The Morgan fingerprint density at radius 1 is 1.21 bits per heavy atom. The Morgan fingerprint density at radius 3 is 2.53 bits per heavy atom. The van der Waals surface area contributed by atoms with Crippen LogP contribution in [0.25, 0.3) is 0 Å². The minimum Gasteiger partial charge on any atom is -0.478 e. The number of carboxylic acid groups (broad SMARTS) is 1. The highest BCUT2D eigenvalue weighted by atomic mass is 19.1. The second kappa shape index (κ2) is 5.10. The van der Waals surface area contributed by atoms with Gasteiger partial charge in [0.25, 0.3) is 0 Å². The van der Waals surface area contributed by atoms with Crippen molar-refractivity contribution < 1.29 is 14.3 Å². The molecular formula is C15H14FNO2. The average Bonchev–Trinajstić information content (AvgIpc) is 2.37. The van der Waals surface area contributed by atoms with Crippen LogP contribution in [0.5, 0.6) is 0 Å². The van der Waals surface area contributed by atoms with E-state index in [1.54, 1.807) is 11.9 Å². The molecule has 0 radical (unpaired) electrons. The third kappa shape index (κ3) is 2.73. The van der Waals surface area contributed by atoms with E-state index in [0.717, 1.165) is 17.3 Å². The maximum absolute atomic E-state index is 13.9. The van der Waals surface area contributed by atoms with Crippen LogP contribution in [0.2, 0.25) is 0 Å². The normalized spacial score (nSPS) is 10.3. The second-order valence-corrected chi connectivity index (χ2v) is 4.37. The van der Waals surface area contributed by atoms with E-state index in [9.17, 15) is 9.18 Å². The van der Waals surface area contributed by atoms with E-state index in [4.69, 9.17) is 5.11 Å². The maximum atomic E-state index is 13.9. The fraction of sp³-hybridized carbons (Fsp3) is 0.133. The Bertz CT molecular complexity index is 625. The zero-order valence-electron chi connectivity index (χ0n) is 10.7. The van der Waals surface area contributed by atoms with Crippen LogP contribution in [0.3, 0.4) is 0 Å². The summed E-state index contributed by atoms with van der Waals surface area (Å²) in [6.07, 6.45) is 0. The first-order chi connectivity index (χ1) is 8.99. The zero-order chi connectivity index (χ0) is 14.0. The van der Waals surface area contributed by atoms with E-state index >= 15 is 0 Å². The van der Waals surface area contributed by atoms with Crippen molar-refractivity contribution in [3.05, 3.63) is 59.4 Å². The third-order valence-electron chi connectivity index (χ3n) is 2.94. The van der Waals surface area contributed by atoms with Crippen LogP contribution < -0.4 is 4.90 Å². The molecule has 1 N–H and O–H groups in total. The molecule has 2 rings (SSSR count). The van der Waals surface area contributed by atoms with Crippen LogP contribution in [-0.4, -0.2) is 18.1 Å². The number of hydrogen-bond donors (Lipinski definition) is 1. The molecule has 0 saturated heterocycles. The lowest BCUT2D eigenvalue weighted by atomic mass is 10.1. The Hall–Kier alpha value is -2.36. The lowest BCUT2D eigenvalue weighted by Crippen LogP contribution is -2.12. The summed E-state index contributed by atoms with van der Waals surface area (Å²) in [5, 5.41) is 8.81. The van der Waals surface area contributed by atoms with Crippen LogP contribution in [0.15, 0.2) is 42.5 Å². The molecule has 4 heteroatoms. The van der Waals surface area contributed by atoms with Crippen molar-refractivity contribution in [3.8, 4) is 0 Å². The second-order valence-electron chi connectivity index (χ2n) is 4.37. The zero-order valence-corrected chi connectivity index (χ0v) is 10.7. The molecule has 0 spiro atoms. The molecule has 0 saturated carbocycles. The maximum Gasteiger partial charge on any atom is 0.335 e. The highest BCUT2D eigenvalue weighted by Crippen LogP contribution is 2.27. The molecule has 0 aliphatic rings. The molecular weight excluding hydrogens is 245 g/mol. The van der Waals surface area contributed by atoms with Crippen LogP contribution in [0, 0.1) is 12.7 Å². The average molecular weight is 259 g/mol. The third-order valence-corrected chi connectivity index (χ3v) is 2.94. The topological polar surface area (TPSA) is 40.5 Å². The van der Waals surface area contributed by atoms with Crippen LogP contribution >= 0.6 is 0 Å². The van der Waals surface area contributed by atoms with Gasteiger partial charge in [0, 0.05) is 12.7 Å². The predicted molar refractivity (Wildman–Crippen MR) is 72.6 cm³/mol. The Morgan fingerprint density at radius 2 is 1.95 bits per heavy atom. The van der Waals surface area contributed by atoms with Crippen molar-refractivity contribution in [1.82, 2.24) is 0 Å². The molecule has 0 bridgehead atoms. The van der Waals surface area contributed by atoms with E-state index in [1.807, 2.05) is 31.2 Å². The largest absolute Gasteiger partial charge is 0.478 e. The number of benzene rings is 2. The lowest BCUT2D eigenvalue weighted by Gasteiger charge is -2.20. The van der Waals surface area contributed by atoms with Gasteiger partial charge in [-0.2, -0.15) is 0 Å². The first-order valence-corrected chi connectivity index (χ1v) is 5.82. The van der Waals surface area contributed by atoms with Gasteiger partial charge in [-0.15, -0.1) is 0 Å². The number of carboxylic acids is 1. The molecule has 0 amide bonds. The van der Waals surface area contributed by atoms with Crippen molar-refractivity contribution in [1.29, 1.82) is 0 Å². The standard InChI is InChI=1S/C15H14FNO2/c1-10-4-3-5-12(8-10)17(2)14-7-6-11(15(18)19)9-13(14)16/h3-9H,1-2H3,(H,18,19). The fourth-order valence-corrected chi connectivity index (χ4v) is 1.89. The summed E-state index contributed by atoms with van der Waals surface area (Å²) in [4.78, 5) is 12.5. The quantitative estimate of drug-likeness (QED) is 0.915. The van der Waals surface area contributed by atoms with Gasteiger partial charge in [-0.3, -0.25) is 0 Å². The van der Waals surface area contributed by atoms with Gasteiger partial charge in [0.15, 0.2) is 0 Å². The number of anilines is 2. The molecule has 3 nitrogen and oxygen atoms in total. The highest BCUT2D eigenvalue weighted by Gasteiger charge is 2.12. The van der Waals surface area contributed by atoms with Crippen LogP contribution in [0.1, 0.15) is 15.9 Å². The molecule has 0 fully saturated rings. The summed E-state index contributed by atoms with van der Waals surface area (Å²) < 4.78 is 13.9. The van der Waals surface area contributed by atoms with E-state index in [-0.39, 0.29) is 5.56 Å². The van der Waals surface area contributed by atoms with Gasteiger partial charge in [-0.05, 0) is 42.8 Å². The number of rotatable bonds is 3. The van der Waals surface area contributed by atoms with Crippen molar-refractivity contribution in [2.75, 3.05) is 11.9 Å². The lowest BCUT2D eigenvalue weighted by molar-refractivity contribution is 0.0696. The molecule has 0 aromatic heterocycles. The van der Waals surface area contributed by atoms with E-state index in [2.05, 4.69) is 0 Å². The summed E-state index contributed by atoms with van der Waals surface area (Å²) in [7, 11) is 1.74. The van der Waals surface area contributed by atoms with Crippen molar-refractivity contribution in [2.24, 2.45) is 0 Å². The summed E-state index contributed by atoms with van der Waals surface area (Å²) in [6, 6.07) is 11.6. The Kier molecular flexibility index (Phi) is 3.51. The van der Waals surface area contributed by atoms with Crippen molar-refractivity contribution in [2.45, 2.75) is 6.92 Å². The molecule has 0 atom stereocenters. The Balaban J connectivity index is 2.39. The first kappa shape index (κ1) is 13.1. The van der Waals surface area contributed by atoms with Crippen LogP contribution in [0.4, 0.5) is 15.8 Å². The number of aryl methyl sites for hydroxylation is 1. The van der Waals surface area contributed by atoms with Gasteiger partial charge in [-0.25, -0.2) is 9.18 Å². The number of halogens is 1. The van der Waals surface area contributed by atoms with E-state index in [1.165, 1.54) is 12.1 Å². The smallest absolute Gasteiger partial charge is 0.335 e. The molecule has 98 valence electrons. The van der Waals surface area contributed by atoms with Crippen LogP contribution in [-0.2, 0) is 0 Å². The van der Waals surface area contributed by atoms with E-state index < -0.39 is 11.8 Å². The molecule has 0 aliphatic heterocycles. The molecule has 2 aromatic rings. The monoisotopic (exact) mass is 259 g/mol. The number of carbonyl (C=O) groups is 1. The molecule has 2 aromatic carbocycles. The molecule has 0 aliphatic carbocycles. The number of aromatic carboxylic acids is 1. The first-order valence-electron chi connectivity index (χ1n) is 5.82. The van der Waals surface area contributed by atoms with E-state index in [0.29, 0.717) is 5.69 Å². The SMILES string of the molecule is Cc1cccc(N(C)c2ccc(C(=O)O)cc2F)c1. The van der Waals surface area contributed by atoms with Gasteiger partial charge in [0.05, 0.1) is 11.3 Å². The minimum atomic E-state index is -1.14. The highest BCUT2D eigenvalue weighted by molar-refractivity contribution is 5.88. The number of hydrogen-bond acceptors (Lipinski definition) is 2. The summed E-state index contributed by atoms with van der Waals surface area (Å²) in [6.45, 7) is 1.96. The molecule has 0 unspecified atom stereocenters. The predicted octanol–water partition coefficient (Wildman–Crippen LogP) is 3.60. The van der Waals surface area contributed by atoms with Crippen molar-refractivity contribution >= 4 is 17.3 Å². The minimum absolute atomic E-state index is 0.0566. The summed E-state index contributed by atoms with van der Waals surface area (Å²) in [5.74, 6) is -1.69. The van der Waals surface area contributed by atoms with Gasteiger partial charge in [-0.1, -0.05) is 12.1 Å². The molecule has 19 heavy (non-hydrogen) atoms. The van der Waals surface area contributed by atoms with Gasteiger partial charge in [0.1, 0.15) is 5.82 Å². The van der Waals surface area contributed by atoms with Gasteiger partial charge < -0.3 is 10.0 Å². The molecule has 0 heterocycles. The summed E-state index contributed by atoms with van der Waals surface area (Å²) >= 11 is 0. The van der Waals surface area contributed by atoms with Gasteiger partial charge in [0.2, 0.25) is 0 Å². The summed E-state index contributed by atoms with van der Waals surface area (Å²) in [5.41, 5.74) is 2.21. The Labute approximate surface area is 110 Å². The van der Waals surface area contributed by atoms with Gasteiger partial charge >= 0.3 is 5.97 Å². The van der Waals surface area contributed by atoms with Crippen molar-refractivity contribution in [3.63, 3.8) is 0 Å².